The predicted octanol–water partition coefficient (Wildman–Crippen LogP) is 2.48. The molecule has 0 saturated heterocycles. The maximum absolute atomic E-state index is 11.7. The summed E-state index contributed by atoms with van der Waals surface area (Å²) in [6.07, 6.45) is 0.555. The highest BCUT2D eigenvalue weighted by atomic mass is 32.1. The Hall–Kier alpha value is -1.82. The standard InChI is InChI=1S/C13H17NO4S/c1-4-17-12(13(16)18-5-2)10(6-15)14-11-8-19-7-9(11)3/h6-8,14H,4-5H2,1-3H3. The highest BCUT2D eigenvalue weighted by Gasteiger charge is 2.19. The van der Waals surface area contributed by atoms with Gasteiger partial charge in [0.15, 0.2) is 6.29 Å². The number of aldehydes is 1. The van der Waals surface area contributed by atoms with E-state index in [0.29, 0.717) is 6.29 Å². The molecular weight excluding hydrogens is 266 g/mol. The lowest BCUT2D eigenvalue weighted by Crippen LogP contribution is -2.17. The average molecular weight is 283 g/mol. The Kier molecular flexibility index (Phi) is 6.08. The molecule has 0 atom stereocenters. The molecule has 1 aromatic rings. The lowest BCUT2D eigenvalue weighted by Gasteiger charge is -2.12. The first-order valence-corrected chi connectivity index (χ1v) is 6.87. The molecule has 0 unspecified atom stereocenters. The third-order valence-corrected chi connectivity index (χ3v) is 3.10. The van der Waals surface area contributed by atoms with E-state index in [0.717, 1.165) is 11.3 Å². The summed E-state index contributed by atoms with van der Waals surface area (Å²) in [5.74, 6) is -0.739. The maximum Gasteiger partial charge on any atom is 0.375 e. The zero-order chi connectivity index (χ0) is 14.3. The first-order chi connectivity index (χ1) is 9.13. The molecule has 0 fully saturated rings. The van der Waals surface area contributed by atoms with Crippen LogP contribution in [0.4, 0.5) is 5.69 Å². The van der Waals surface area contributed by atoms with Gasteiger partial charge in [0, 0.05) is 5.38 Å². The van der Waals surface area contributed by atoms with Crippen molar-refractivity contribution < 1.29 is 19.1 Å². The number of rotatable bonds is 7. The summed E-state index contributed by atoms with van der Waals surface area (Å²) in [7, 11) is 0. The molecule has 0 aliphatic heterocycles. The summed E-state index contributed by atoms with van der Waals surface area (Å²) in [5.41, 5.74) is 1.83. The van der Waals surface area contributed by atoms with Gasteiger partial charge in [-0.15, -0.1) is 11.3 Å². The van der Waals surface area contributed by atoms with Crippen LogP contribution in [-0.2, 0) is 19.1 Å². The Morgan fingerprint density at radius 3 is 2.47 bits per heavy atom. The van der Waals surface area contributed by atoms with Gasteiger partial charge in [0.1, 0.15) is 5.70 Å². The molecule has 0 bridgehead atoms. The van der Waals surface area contributed by atoms with Crippen molar-refractivity contribution in [2.45, 2.75) is 20.8 Å². The quantitative estimate of drug-likeness (QED) is 0.360. The van der Waals surface area contributed by atoms with Gasteiger partial charge in [0.05, 0.1) is 18.9 Å². The molecular formula is C13H17NO4S. The molecule has 5 nitrogen and oxygen atoms in total. The van der Waals surface area contributed by atoms with Crippen LogP contribution in [0.5, 0.6) is 0 Å². The van der Waals surface area contributed by atoms with Gasteiger partial charge in [-0.1, -0.05) is 0 Å². The number of carbonyl (C=O) groups is 2. The van der Waals surface area contributed by atoms with Gasteiger partial charge < -0.3 is 14.8 Å². The molecule has 1 rings (SSSR count). The van der Waals surface area contributed by atoms with Gasteiger partial charge in [-0.05, 0) is 31.7 Å². The molecule has 1 N–H and O–H groups in total. The van der Waals surface area contributed by atoms with Gasteiger partial charge in [-0.25, -0.2) is 4.79 Å². The van der Waals surface area contributed by atoms with E-state index in [4.69, 9.17) is 9.47 Å². The molecule has 1 heterocycles. The Labute approximate surface area is 116 Å². The van der Waals surface area contributed by atoms with Crippen LogP contribution < -0.4 is 5.32 Å². The van der Waals surface area contributed by atoms with Crippen molar-refractivity contribution in [3.63, 3.8) is 0 Å². The summed E-state index contributed by atoms with van der Waals surface area (Å²) in [6, 6.07) is 0. The van der Waals surface area contributed by atoms with E-state index in [1.807, 2.05) is 17.7 Å². The van der Waals surface area contributed by atoms with Crippen LogP contribution in [-0.4, -0.2) is 25.5 Å². The smallest absolute Gasteiger partial charge is 0.375 e. The minimum atomic E-state index is -0.646. The van der Waals surface area contributed by atoms with Crippen molar-refractivity contribution in [3.05, 3.63) is 27.8 Å². The van der Waals surface area contributed by atoms with Crippen LogP contribution in [0.1, 0.15) is 19.4 Å². The van der Waals surface area contributed by atoms with Crippen molar-refractivity contribution in [2.24, 2.45) is 0 Å². The minimum absolute atomic E-state index is 0.0711. The SMILES string of the molecule is CCOC(=O)C(OCC)=C(C=O)Nc1cscc1C. The molecule has 0 aliphatic carbocycles. The Morgan fingerprint density at radius 2 is 2.00 bits per heavy atom. The van der Waals surface area contributed by atoms with Gasteiger partial charge in [0.2, 0.25) is 5.76 Å². The number of thiophene rings is 1. The molecule has 0 radical (unpaired) electrons. The number of hydrogen-bond acceptors (Lipinski definition) is 6. The second-order valence-electron chi connectivity index (χ2n) is 3.61. The Balaban J connectivity index is 3.04. The normalized spacial score (nSPS) is 11.5. The molecule has 0 spiro atoms. The monoisotopic (exact) mass is 283 g/mol. The maximum atomic E-state index is 11.7. The third-order valence-electron chi connectivity index (χ3n) is 2.24. The zero-order valence-corrected chi connectivity index (χ0v) is 12.0. The number of nitrogens with one attached hydrogen (secondary N) is 1. The summed E-state index contributed by atoms with van der Waals surface area (Å²) in [4.78, 5) is 22.9. The molecule has 0 saturated carbocycles. The fourth-order valence-electron chi connectivity index (χ4n) is 1.36. The molecule has 1 aromatic heterocycles. The number of aryl methyl sites for hydroxylation is 1. The van der Waals surface area contributed by atoms with Crippen molar-refractivity contribution in [2.75, 3.05) is 18.5 Å². The van der Waals surface area contributed by atoms with Crippen LogP contribution in [0.25, 0.3) is 0 Å². The van der Waals surface area contributed by atoms with Crippen molar-refractivity contribution in [1.82, 2.24) is 0 Å². The van der Waals surface area contributed by atoms with Gasteiger partial charge in [0.25, 0.3) is 0 Å². The second kappa shape index (κ2) is 7.58. The van der Waals surface area contributed by atoms with Crippen molar-refractivity contribution in [3.8, 4) is 0 Å². The number of esters is 1. The van der Waals surface area contributed by atoms with Crippen LogP contribution >= 0.6 is 11.3 Å². The number of ether oxygens (including phenoxy) is 2. The fraction of sp³-hybridized carbons (Fsp3) is 0.385. The van der Waals surface area contributed by atoms with Crippen molar-refractivity contribution in [1.29, 1.82) is 0 Å². The summed E-state index contributed by atoms with van der Waals surface area (Å²) in [5, 5.41) is 6.69. The lowest BCUT2D eigenvalue weighted by molar-refractivity contribution is -0.142. The van der Waals surface area contributed by atoms with Gasteiger partial charge in [-0.2, -0.15) is 0 Å². The number of hydrogen-bond donors (Lipinski definition) is 1. The van der Waals surface area contributed by atoms with Crippen LogP contribution in [0, 0.1) is 6.92 Å². The highest BCUT2D eigenvalue weighted by Crippen LogP contribution is 2.22. The lowest BCUT2D eigenvalue weighted by atomic mass is 10.3. The summed E-state index contributed by atoms with van der Waals surface area (Å²) in [6.45, 7) is 5.83. The highest BCUT2D eigenvalue weighted by molar-refractivity contribution is 7.08. The largest absolute Gasteiger partial charge is 0.485 e. The molecule has 104 valence electrons. The first-order valence-electron chi connectivity index (χ1n) is 5.93. The minimum Gasteiger partial charge on any atom is -0.485 e. The van der Waals surface area contributed by atoms with E-state index in [1.165, 1.54) is 11.3 Å². The second-order valence-corrected chi connectivity index (χ2v) is 4.35. The number of anilines is 1. The molecule has 0 aromatic carbocycles. The first kappa shape index (κ1) is 15.2. The van der Waals surface area contributed by atoms with Crippen LogP contribution in [0.2, 0.25) is 0 Å². The van der Waals surface area contributed by atoms with E-state index in [-0.39, 0.29) is 24.7 Å². The van der Waals surface area contributed by atoms with Gasteiger partial charge >= 0.3 is 5.97 Å². The number of allylic oxidation sites excluding steroid dienone is 1. The van der Waals surface area contributed by atoms with Crippen LogP contribution in [0.15, 0.2) is 22.2 Å². The predicted molar refractivity (Wildman–Crippen MR) is 74.0 cm³/mol. The van der Waals surface area contributed by atoms with Crippen molar-refractivity contribution >= 4 is 29.3 Å². The van der Waals surface area contributed by atoms with E-state index in [2.05, 4.69) is 5.32 Å². The molecule has 6 heteroatoms. The average Bonchev–Trinajstić information content (AvgIpc) is 2.79. The Bertz CT molecular complexity index is 479. The zero-order valence-electron chi connectivity index (χ0n) is 11.2. The summed E-state index contributed by atoms with van der Waals surface area (Å²) >= 11 is 1.50. The third kappa shape index (κ3) is 4.10. The number of carbonyl (C=O) groups excluding carboxylic acids is 2. The van der Waals surface area contributed by atoms with E-state index in [1.54, 1.807) is 13.8 Å². The van der Waals surface area contributed by atoms with E-state index >= 15 is 0 Å². The van der Waals surface area contributed by atoms with E-state index in [9.17, 15) is 9.59 Å². The molecule has 19 heavy (non-hydrogen) atoms. The van der Waals surface area contributed by atoms with E-state index < -0.39 is 5.97 Å². The van der Waals surface area contributed by atoms with Gasteiger partial charge in [-0.3, -0.25) is 4.79 Å². The Morgan fingerprint density at radius 1 is 1.32 bits per heavy atom. The summed E-state index contributed by atoms with van der Waals surface area (Å²) < 4.78 is 10.1. The van der Waals surface area contributed by atoms with Crippen LogP contribution in [0.3, 0.4) is 0 Å². The fourth-order valence-corrected chi connectivity index (χ4v) is 2.14. The topological polar surface area (TPSA) is 64.6 Å². The molecule has 0 amide bonds. The molecule has 0 aliphatic rings.